The van der Waals surface area contributed by atoms with Gasteiger partial charge in [0.2, 0.25) is 5.95 Å². The highest BCUT2D eigenvalue weighted by molar-refractivity contribution is 5.30. The molecule has 1 aliphatic carbocycles. The Labute approximate surface area is 140 Å². The monoisotopic (exact) mass is 327 g/mol. The molecular formula is C17H21N5O2. The molecule has 7 nitrogen and oxygen atoms in total. The summed E-state index contributed by atoms with van der Waals surface area (Å²) in [6.07, 6.45) is 2.98. The summed E-state index contributed by atoms with van der Waals surface area (Å²) >= 11 is 0. The number of nitrogens with one attached hydrogen (secondary N) is 1. The van der Waals surface area contributed by atoms with Crippen LogP contribution < -0.4 is 10.9 Å². The molecule has 1 aliphatic heterocycles. The third kappa shape index (κ3) is 2.80. The Hall–Kier alpha value is -2.28. The molecule has 0 spiro atoms. The highest BCUT2D eigenvalue weighted by atomic mass is 16.5. The van der Waals surface area contributed by atoms with E-state index in [0.717, 1.165) is 41.9 Å². The summed E-state index contributed by atoms with van der Waals surface area (Å²) in [5.74, 6) is 0.571. The molecule has 7 heteroatoms. The molecule has 24 heavy (non-hydrogen) atoms. The smallest absolute Gasteiger partial charge is 0.267 e. The molecule has 0 radical (unpaired) electrons. The van der Waals surface area contributed by atoms with Crippen molar-refractivity contribution in [2.45, 2.75) is 45.2 Å². The van der Waals surface area contributed by atoms with Gasteiger partial charge in [-0.1, -0.05) is 0 Å². The van der Waals surface area contributed by atoms with E-state index < -0.39 is 0 Å². The van der Waals surface area contributed by atoms with Gasteiger partial charge in [-0.05, 0) is 44.7 Å². The number of aryl methyl sites for hydroxylation is 4. The summed E-state index contributed by atoms with van der Waals surface area (Å²) in [7, 11) is 0. The van der Waals surface area contributed by atoms with Crippen molar-refractivity contribution >= 4 is 5.95 Å². The Morgan fingerprint density at radius 3 is 2.75 bits per heavy atom. The van der Waals surface area contributed by atoms with Crippen LogP contribution in [0.3, 0.4) is 0 Å². The lowest BCUT2D eigenvalue weighted by Gasteiger charge is -2.21. The molecule has 1 N–H and O–H groups in total. The fourth-order valence-corrected chi connectivity index (χ4v) is 3.53. The Morgan fingerprint density at radius 2 is 1.96 bits per heavy atom. The SMILES string of the molecule is Cc1cc(C)nc(NC2COCC2n2nc3c(cc2=O)CCC3)n1. The Bertz CT molecular complexity index is 812. The third-order valence-corrected chi connectivity index (χ3v) is 4.64. The number of hydrogen-bond donors (Lipinski definition) is 1. The molecule has 2 aliphatic rings. The van der Waals surface area contributed by atoms with E-state index in [1.54, 1.807) is 10.7 Å². The summed E-state index contributed by atoms with van der Waals surface area (Å²) in [5, 5.41) is 7.92. The van der Waals surface area contributed by atoms with Gasteiger partial charge in [-0.2, -0.15) is 5.10 Å². The fraction of sp³-hybridized carbons (Fsp3) is 0.529. The zero-order valence-electron chi connectivity index (χ0n) is 14.0. The predicted molar refractivity (Wildman–Crippen MR) is 89.3 cm³/mol. The molecule has 2 atom stereocenters. The van der Waals surface area contributed by atoms with Crippen molar-refractivity contribution in [2.24, 2.45) is 0 Å². The van der Waals surface area contributed by atoms with Crippen LogP contribution in [0, 0.1) is 13.8 Å². The van der Waals surface area contributed by atoms with Gasteiger partial charge in [0.15, 0.2) is 0 Å². The average molecular weight is 327 g/mol. The van der Waals surface area contributed by atoms with Crippen molar-refractivity contribution in [3.05, 3.63) is 45.1 Å². The van der Waals surface area contributed by atoms with Crippen LogP contribution in [0.25, 0.3) is 0 Å². The highest BCUT2D eigenvalue weighted by Crippen LogP contribution is 2.23. The molecule has 126 valence electrons. The standard InChI is InChI=1S/C17H21N5O2/c1-10-6-11(2)19-17(18-10)20-14-8-24-9-15(14)22-16(23)7-12-4-3-5-13(12)21-22/h6-7,14-15H,3-5,8-9H2,1-2H3,(H,18,19,20). The van der Waals surface area contributed by atoms with Gasteiger partial charge in [-0.25, -0.2) is 14.6 Å². The average Bonchev–Trinajstić information content (AvgIpc) is 3.14. The minimum Gasteiger partial charge on any atom is -0.377 e. The maximum atomic E-state index is 12.5. The molecule has 0 amide bonds. The summed E-state index contributed by atoms with van der Waals surface area (Å²) in [5.41, 5.74) is 3.90. The first-order valence-electron chi connectivity index (χ1n) is 8.38. The lowest BCUT2D eigenvalue weighted by Crippen LogP contribution is -2.38. The van der Waals surface area contributed by atoms with Gasteiger partial charge in [0.05, 0.1) is 24.9 Å². The number of fused-ring (bicyclic) bond motifs is 1. The van der Waals surface area contributed by atoms with Crippen LogP contribution in [0.15, 0.2) is 16.9 Å². The van der Waals surface area contributed by atoms with Gasteiger partial charge in [-0.3, -0.25) is 4.79 Å². The molecule has 2 aromatic heterocycles. The normalized spacial score (nSPS) is 22.6. The summed E-state index contributed by atoms with van der Waals surface area (Å²) in [6, 6.07) is 3.45. The van der Waals surface area contributed by atoms with Crippen molar-refractivity contribution in [1.29, 1.82) is 0 Å². The molecule has 0 bridgehead atoms. The van der Waals surface area contributed by atoms with Crippen LogP contribution >= 0.6 is 0 Å². The van der Waals surface area contributed by atoms with Gasteiger partial charge in [0, 0.05) is 17.5 Å². The molecule has 1 saturated heterocycles. The van der Waals surface area contributed by atoms with Gasteiger partial charge in [-0.15, -0.1) is 0 Å². The maximum Gasteiger partial charge on any atom is 0.267 e. The quantitative estimate of drug-likeness (QED) is 0.912. The van der Waals surface area contributed by atoms with Crippen molar-refractivity contribution in [3.63, 3.8) is 0 Å². The van der Waals surface area contributed by atoms with Crippen molar-refractivity contribution in [1.82, 2.24) is 19.7 Å². The first-order valence-corrected chi connectivity index (χ1v) is 8.38. The number of hydrogen-bond acceptors (Lipinski definition) is 6. The summed E-state index contributed by atoms with van der Waals surface area (Å²) in [4.78, 5) is 21.3. The van der Waals surface area contributed by atoms with Crippen LogP contribution in [-0.4, -0.2) is 39.0 Å². The zero-order valence-corrected chi connectivity index (χ0v) is 14.0. The molecule has 1 fully saturated rings. The Balaban J connectivity index is 1.62. The molecule has 2 aromatic rings. The van der Waals surface area contributed by atoms with Crippen LogP contribution in [-0.2, 0) is 17.6 Å². The van der Waals surface area contributed by atoms with Crippen LogP contribution in [0.2, 0.25) is 0 Å². The topological polar surface area (TPSA) is 81.9 Å². The van der Waals surface area contributed by atoms with E-state index in [1.165, 1.54) is 0 Å². The molecule has 0 saturated carbocycles. The number of rotatable bonds is 3. The second-order valence-electron chi connectivity index (χ2n) is 6.58. The van der Waals surface area contributed by atoms with Crippen molar-refractivity contribution < 1.29 is 4.74 Å². The molecule has 2 unspecified atom stereocenters. The Kier molecular flexibility index (Phi) is 3.80. The van der Waals surface area contributed by atoms with E-state index in [2.05, 4.69) is 20.4 Å². The van der Waals surface area contributed by atoms with Crippen molar-refractivity contribution in [2.75, 3.05) is 18.5 Å². The molecule has 4 rings (SSSR count). The zero-order chi connectivity index (χ0) is 16.7. The van der Waals surface area contributed by atoms with Crippen LogP contribution in [0.5, 0.6) is 0 Å². The largest absolute Gasteiger partial charge is 0.377 e. The van der Waals surface area contributed by atoms with E-state index in [4.69, 9.17) is 4.74 Å². The van der Waals surface area contributed by atoms with Crippen molar-refractivity contribution in [3.8, 4) is 0 Å². The number of ether oxygens (including phenoxy) is 1. The molecule has 0 aromatic carbocycles. The minimum atomic E-state index is -0.146. The summed E-state index contributed by atoms with van der Waals surface area (Å²) in [6.45, 7) is 4.85. The van der Waals surface area contributed by atoms with E-state index in [1.807, 2.05) is 19.9 Å². The number of aromatic nitrogens is 4. The fourth-order valence-electron chi connectivity index (χ4n) is 3.53. The van der Waals surface area contributed by atoms with Crippen LogP contribution in [0.1, 0.15) is 35.1 Å². The number of nitrogens with zero attached hydrogens (tertiary/aromatic N) is 4. The highest BCUT2D eigenvalue weighted by Gasteiger charge is 2.32. The minimum absolute atomic E-state index is 0.0562. The van der Waals surface area contributed by atoms with E-state index in [-0.39, 0.29) is 17.6 Å². The molecule has 3 heterocycles. The van der Waals surface area contributed by atoms with Gasteiger partial charge in [0.25, 0.3) is 5.56 Å². The molecular weight excluding hydrogens is 306 g/mol. The van der Waals surface area contributed by atoms with Gasteiger partial charge in [0.1, 0.15) is 6.04 Å². The first kappa shape index (κ1) is 15.3. The second kappa shape index (κ2) is 5.98. The van der Waals surface area contributed by atoms with Gasteiger partial charge >= 0.3 is 0 Å². The lowest BCUT2D eigenvalue weighted by atomic mass is 10.1. The summed E-state index contributed by atoms with van der Waals surface area (Å²) < 4.78 is 7.19. The van der Waals surface area contributed by atoms with E-state index in [0.29, 0.717) is 19.2 Å². The Morgan fingerprint density at radius 1 is 1.17 bits per heavy atom. The predicted octanol–water partition coefficient (Wildman–Crippen LogP) is 1.19. The van der Waals surface area contributed by atoms with Gasteiger partial charge < -0.3 is 10.1 Å². The number of anilines is 1. The lowest BCUT2D eigenvalue weighted by molar-refractivity contribution is 0.182. The third-order valence-electron chi connectivity index (χ3n) is 4.64. The van der Waals surface area contributed by atoms with Crippen LogP contribution in [0.4, 0.5) is 5.95 Å². The van der Waals surface area contributed by atoms with E-state index in [9.17, 15) is 4.79 Å². The maximum absolute atomic E-state index is 12.5. The second-order valence-corrected chi connectivity index (χ2v) is 6.58. The van der Waals surface area contributed by atoms with E-state index >= 15 is 0 Å². The first-order chi connectivity index (χ1) is 11.6.